The number of imidazole rings is 1. The van der Waals surface area contributed by atoms with Gasteiger partial charge in [0.1, 0.15) is 0 Å². The van der Waals surface area contributed by atoms with Crippen LogP contribution in [0.15, 0.2) is 6.33 Å². The highest BCUT2D eigenvalue weighted by Gasteiger charge is 2.15. The maximum absolute atomic E-state index is 10.9. The van der Waals surface area contributed by atoms with Gasteiger partial charge in [0.2, 0.25) is 5.88 Å². The number of hydrogen-bond acceptors (Lipinski definition) is 3. The van der Waals surface area contributed by atoms with E-state index >= 15 is 0 Å². The van der Waals surface area contributed by atoms with Crippen LogP contribution < -0.4 is 10.5 Å². The van der Waals surface area contributed by atoms with E-state index in [4.69, 9.17) is 10.5 Å². The zero-order valence-corrected chi connectivity index (χ0v) is 7.78. The fraction of sp³-hybridized carbons (Fsp3) is 0.500. The quantitative estimate of drug-likeness (QED) is 0.734. The summed E-state index contributed by atoms with van der Waals surface area (Å²) >= 11 is 0. The third-order valence-corrected chi connectivity index (χ3v) is 1.64. The van der Waals surface area contributed by atoms with Gasteiger partial charge in [0.25, 0.3) is 5.91 Å². The molecule has 72 valence electrons. The van der Waals surface area contributed by atoms with Crippen LogP contribution in [0.1, 0.15) is 24.3 Å². The number of nitrogens with zero attached hydrogens (tertiary/aromatic N) is 2. The predicted molar refractivity (Wildman–Crippen MR) is 47.6 cm³/mol. The largest absolute Gasteiger partial charge is 0.477 e. The number of nitrogens with two attached hydrogens (primary N) is 1. The van der Waals surface area contributed by atoms with E-state index in [0.717, 1.165) is 0 Å². The number of aromatic nitrogens is 2. The van der Waals surface area contributed by atoms with Crippen LogP contribution in [0.2, 0.25) is 0 Å². The van der Waals surface area contributed by atoms with Crippen molar-refractivity contribution in [3.63, 3.8) is 0 Å². The molecule has 1 amide bonds. The molecule has 0 aliphatic carbocycles. The average Bonchev–Trinajstić information content (AvgIpc) is 2.48. The number of amides is 1. The van der Waals surface area contributed by atoms with E-state index < -0.39 is 5.91 Å². The van der Waals surface area contributed by atoms with E-state index in [9.17, 15) is 4.79 Å². The Hall–Kier alpha value is -1.52. The molecule has 0 radical (unpaired) electrons. The molecule has 1 rings (SSSR count). The minimum atomic E-state index is -0.560. The third-order valence-electron chi connectivity index (χ3n) is 1.64. The van der Waals surface area contributed by atoms with Crippen molar-refractivity contribution in [1.82, 2.24) is 9.55 Å². The number of aryl methyl sites for hydroxylation is 1. The second-order valence-electron chi connectivity index (χ2n) is 2.48. The first-order valence-corrected chi connectivity index (χ1v) is 4.18. The fourth-order valence-electron chi connectivity index (χ4n) is 1.05. The van der Waals surface area contributed by atoms with Crippen molar-refractivity contribution >= 4 is 5.91 Å². The highest BCUT2D eigenvalue weighted by Crippen LogP contribution is 2.16. The second-order valence-corrected chi connectivity index (χ2v) is 2.48. The van der Waals surface area contributed by atoms with Crippen molar-refractivity contribution < 1.29 is 9.53 Å². The van der Waals surface area contributed by atoms with E-state index in [1.807, 2.05) is 13.8 Å². The van der Waals surface area contributed by atoms with Gasteiger partial charge in [-0.25, -0.2) is 4.98 Å². The van der Waals surface area contributed by atoms with Gasteiger partial charge in [0.05, 0.1) is 12.9 Å². The van der Waals surface area contributed by atoms with Crippen molar-refractivity contribution in [2.24, 2.45) is 5.73 Å². The lowest BCUT2D eigenvalue weighted by Gasteiger charge is -2.06. The summed E-state index contributed by atoms with van der Waals surface area (Å²) in [7, 11) is 0. The highest BCUT2D eigenvalue weighted by atomic mass is 16.5. The molecule has 0 saturated heterocycles. The summed E-state index contributed by atoms with van der Waals surface area (Å²) in [4.78, 5) is 14.8. The third kappa shape index (κ3) is 1.80. The first-order chi connectivity index (χ1) is 6.20. The molecule has 0 saturated carbocycles. The summed E-state index contributed by atoms with van der Waals surface area (Å²) in [6, 6.07) is 0. The molecule has 0 spiro atoms. The minimum absolute atomic E-state index is 0.198. The van der Waals surface area contributed by atoms with Crippen molar-refractivity contribution in [3.05, 3.63) is 12.0 Å². The second kappa shape index (κ2) is 3.93. The van der Waals surface area contributed by atoms with Crippen LogP contribution in [0.4, 0.5) is 0 Å². The number of carbonyl (C=O) groups excluding carboxylic acids is 1. The molecule has 5 nitrogen and oxygen atoms in total. The van der Waals surface area contributed by atoms with Crippen LogP contribution in [-0.2, 0) is 6.54 Å². The van der Waals surface area contributed by atoms with Crippen LogP contribution >= 0.6 is 0 Å². The number of primary amides is 1. The maximum Gasteiger partial charge on any atom is 0.272 e. The Morgan fingerprint density at radius 2 is 2.38 bits per heavy atom. The van der Waals surface area contributed by atoms with Gasteiger partial charge in [0, 0.05) is 6.54 Å². The Labute approximate surface area is 76.5 Å². The van der Waals surface area contributed by atoms with Crippen molar-refractivity contribution in [2.75, 3.05) is 6.61 Å². The Morgan fingerprint density at radius 3 is 2.85 bits per heavy atom. The summed E-state index contributed by atoms with van der Waals surface area (Å²) < 4.78 is 7.00. The van der Waals surface area contributed by atoms with Crippen molar-refractivity contribution in [3.8, 4) is 5.88 Å². The Balaban J connectivity index is 3.06. The molecule has 0 atom stereocenters. The molecule has 5 heteroatoms. The maximum atomic E-state index is 10.9. The molecular weight excluding hydrogens is 170 g/mol. The lowest BCUT2D eigenvalue weighted by molar-refractivity contribution is 0.0991. The first-order valence-electron chi connectivity index (χ1n) is 4.18. The number of hydrogen-bond donors (Lipinski definition) is 1. The molecule has 2 N–H and O–H groups in total. The lowest BCUT2D eigenvalue weighted by atomic mass is 10.4. The molecule has 0 fully saturated rings. The zero-order chi connectivity index (χ0) is 9.84. The Morgan fingerprint density at radius 1 is 1.69 bits per heavy atom. The van der Waals surface area contributed by atoms with E-state index in [2.05, 4.69) is 4.98 Å². The smallest absolute Gasteiger partial charge is 0.272 e. The monoisotopic (exact) mass is 183 g/mol. The summed E-state index contributed by atoms with van der Waals surface area (Å²) in [5.74, 6) is -0.104. The molecule has 1 aromatic heterocycles. The molecule has 0 aliphatic heterocycles. The average molecular weight is 183 g/mol. The van der Waals surface area contributed by atoms with Crippen molar-refractivity contribution in [2.45, 2.75) is 20.4 Å². The van der Waals surface area contributed by atoms with Gasteiger partial charge in [-0.1, -0.05) is 0 Å². The van der Waals surface area contributed by atoms with Gasteiger partial charge < -0.3 is 15.0 Å². The van der Waals surface area contributed by atoms with Crippen LogP contribution in [0.3, 0.4) is 0 Å². The van der Waals surface area contributed by atoms with Crippen LogP contribution in [0.25, 0.3) is 0 Å². The molecular formula is C8H13N3O2. The van der Waals surface area contributed by atoms with Crippen LogP contribution in [0, 0.1) is 0 Å². The molecule has 13 heavy (non-hydrogen) atoms. The molecule has 0 aromatic carbocycles. The van der Waals surface area contributed by atoms with E-state index in [1.54, 1.807) is 10.9 Å². The predicted octanol–water partition coefficient (Wildman–Crippen LogP) is 0.401. The molecule has 1 heterocycles. The van der Waals surface area contributed by atoms with Crippen LogP contribution in [0.5, 0.6) is 5.88 Å². The van der Waals surface area contributed by atoms with E-state index in [0.29, 0.717) is 19.0 Å². The van der Waals surface area contributed by atoms with Gasteiger partial charge in [0.15, 0.2) is 5.69 Å². The van der Waals surface area contributed by atoms with Gasteiger partial charge in [-0.15, -0.1) is 0 Å². The first kappa shape index (κ1) is 9.57. The highest BCUT2D eigenvalue weighted by molar-refractivity contribution is 5.93. The Kier molecular flexibility index (Phi) is 2.89. The molecule has 0 bridgehead atoms. The van der Waals surface area contributed by atoms with Gasteiger partial charge in [-0.2, -0.15) is 0 Å². The molecule has 0 unspecified atom stereocenters. The van der Waals surface area contributed by atoms with E-state index in [1.165, 1.54) is 0 Å². The lowest BCUT2D eigenvalue weighted by Crippen LogP contribution is -2.14. The normalized spacial score (nSPS) is 10.0. The fourth-order valence-corrected chi connectivity index (χ4v) is 1.05. The van der Waals surface area contributed by atoms with Gasteiger partial charge >= 0.3 is 0 Å². The summed E-state index contributed by atoms with van der Waals surface area (Å²) in [6.45, 7) is 4.98. The number of rotatable bonds is 4. The number of ether oxygens (including phenoxy) is 1. The van der Waals surface area contributed by atoms with Crippen molar-refractivity contribution in [1.29, 1.82) is 0 Å². The van der Waals surface area contributed by atoms with Crippen LogP contribution in [-0.4, -0.2) is 22.1 Å². The SMILES string of the molecule is CCOc1c(C(N)=O)ncn1CC. The standard InChI is InChI=1S/C8H13N3O2/c1-3-11-5-10-6(7(9)12)8(11)13-4-2/h5H,3-4H2,1-2H3,(H2,9,12). The summed E-state index contributed by atoms with van der Waals surface area (Å²) in [5, 5.41) is 0. The molecule has 0 aliphatic rings. The molecule has 1 aromatic rings. The number of carbonyl (C=O) groups is 1. The summed E-state index contributed by atoms with van der Waals surface area (Å²) in [6.07, 6.45) is 1.55. The zero-order valence-electron chi connectivity index (χ0n) is 7.78. The van der Waals surface area contributed by atoms with Gasteiger partial charge in [-0.3, -0.25) is 4.79 Å². The Bertz CT molecular complexity index is 306. The minimum Gasteiger partial charge on any atom is -0.477 e. The van der Waals surface area contributed by atoms with E-state index in [-0.39, 0.29) is 5.69 Å². The topological polar surface area (TPSA) is 70.1 Å². The summed E-state index contributed by atoms with van der Waals surface area (Å²) in [5.41, 5.74) is 5.32. The van der Waals surface area contributed by atoms with Gasteiger partial charge in [-0.05, 0) is 13.8 Å².